The molecule has 3 saturated carbocycles. The van der Waals surface area contributed by atoms with E-state index in [-0.39, 0.29) is 17.4 Å². The van der Waals surface area contributed by atoms with Gasteiger partial charge in [-0.3, -0.25) is 4.79 Å². The Balaban J connectivity index is 1.67. The number of nitrogens with one attached hydrogen (secondary N) is 1. The van der Waals surface area contributed by atoms with Gasteiger partial charge in [0.05, 0.1) is 6.10 Å². The van der Waals surface area contributed by atoms with Crippen LogP contribution in [0.15, 0.2) is 12.2 Å². The Morgan fingerprint density at radius 3 is 3.04 bits per heavy atom. The first-order chi connectivity index (χ1) is 11.0. The molecular formula is C20H29NO2. The average Bonchev–Trinajstić information content (AvgIpc) is 2.79. The molecule has 0 aromatic heterocycles. The molecule has 0 aromatic rings. The summed E-state index contributed by atoms with van der Waals surface area (Å²) in [5, 5.41) is 13.6. The minimum Gasteiger partial charge on any atom is -0.393 e. The number of terminal acetylenes is 1. The van der Waals surface area contributed by atoms with E-state index in [2.05, 4.69) is 24.7 Å². The number of fused-ring (bicyclic) bond motifs is 1. The maximum Gasteiger partial charge on any atom is 0.295 e. The van der Waals surface area contributed by atoms with Crippen LogP contribution >= 0.6 is 0 Å². The molecule has 3 unspecified atom stereocenters. The number of hydrogen-bond acceptors (Lipinski definition) is 2. The van der Waals surface area contributed by atoms with Crippen LogP contribution in [-0.2, 0) is 4.79 Å². The quantitative estimate of drug-likeness (QED) is 0.476. The molecule has 3 nitrogen and oxygen atoms in total. The molecule has 23 heavy (non-hydrogen) atoms. The summed E-state index contributed by atoms with van der Waals surface area (Å²) in [6, 6.07) is 0. The molecule has 0 aliphatic heterocycles. The third-order valence-electron chi connectivity index (χ3n) is 6.96. The summed E-state index contributed by atoms with van der Waals surface area (Å²) < 4.78 is 0. The van der Waals surface area contributed by atoms with Crippen molar-refractivity contribution in [3.8, 4) is 12.3 Å². The third kappa shape index (κ3) is 2.83. The van der Waals surface area contributed by atoms with E-state index in [1.807, 2.05) is 0 Å². The van der Waals surface area contributed by atoms with Gasteiger partial charge in [-0.1, -0.05) is 19.1 Å². The van der Waals surface area contributed by atoms with Gasteiger partial charge in [-0.15, -0.1) is 6.42 Å². The predicted molar refractivity (Wildman–Crippen MR) is 91.4 cm³/mol. The van der Waals surface area contributed by atoms with Crippen molar-refractivity contribution in [1.29, 1.82) is 0 Å². The van der Waals surface area contributed by atoms with E-state index in [0.29, 0.717) is 30.2 Å². The third-order valence-corrected chi connectivity index (χ3v) is 6.96. The van der Waals surface area contributed by atoms with Gasteiger partial charge in [0.2, 0.25) is 0 Å². The highest BCUT2D eigenvalue weighted by molar-refractivity contribution is 5.92. The monoisotopic (exact) mass is 315 g/mol. The van der Waals surface area contributed by atoms with E-state index in [1.165, 1.54) is 18.4 Å². The molecule has 3 aliphatic rings. The molecule has 0 heterocycles. The number of amides is 1. The van der Waals surface area contributed by atoms with Crippen LogP contribution in [0.5, 0.6) is 0 Å². The van der Waals surface area contributed by atoms with Crippen molar-refractivity contribution < 1.29 is 9.90 Å². The Morgan fingerprint density at radius 1 is 1.52 bits per heavy atom. The van der Waals surface area contributed by atoms with Gasteiger partial charge in [0.15, 0.2) is 0 Å². The van der Waals surface area contributed by atoms with Crippen LogP contribution in [-0.4, -0.2) is 23.7 Å². The number of carbonyl (C=O) groups excluding carboxylic acids is 1. The zero-order chi connectivity index (χ0) is 16.6. The Bertz CT molecular complexity index is 534. The van der Waals surface area contributed by atoms with Gasteiger partial charge in [0.25, 0.3) is 5.91 Å². The molecule has 2 bridgehead atoms. The van der Waals surface area contributed by atoms with E-state index in [9.17, 15) is 9.90 Å². The van der Waals surface area contributed by atoms with E-state index in [1.54, 1.807) is 0 Å². The summed E-state index contributed by atoms with van der Waals surface area (Å²) in [5.74, 6) is 4.23. The van der Waals surface area contributed by atoms with Crippen LogP contribution in [0.2, 0.25) is 0 Å². The summed E-state index contributed by atoms with van der Waals surface area (Å²) in [4.78, 5) is 11.1. The lowest BCUT2D eigenvalue weighted by Gasteiger charge is -2.54. The van der Waals surface area contributed by atoms with Crippen molar-refractivity contribution in [2.24, 2.45) is 29.1 Å². The number of aliphatic hydroxyl groups is 1. The average molecular weight is 315 g/mol. The SMILES string of the molecule is C#CC(=O)NCCCC1C(C)C[C@H](O)[C@]23CC(=C)[C@H](CCC12)C3. The topological polar surface area (TPSA) is 49.3 Å². The Kier molecular flexibility index (Phi) is 4.56. The fourth-order valence-electron chi connectivity index (χ4n) is 5.88. The van der Waals surface area contributed by atoms with Crippen LogP contribution < -0.4 is 5.32 Å². The van der Waals surface area contributed by atoms with Crippen molar-refractivity contribution in [2.75, 3.05) is 6.54 Å². The molecule has 0 radical (unpaired) electrons. The number of allylic oxidation sites excluding steroid dienone is 1. The number of carbonyl (C=O) groups is 1. The van der Waals surface area contributed by atoms with Crippen LogP contribution in [0, 0.1) is 41.4 Å². The van der Waals surface area contributed by atoms with E-state index in [4.69, 9.17) is 6.42 Å². The van der Waals surface area contributed by atoms with Crippen molar-refractivity contribution in [1.82, 2.24) is 5.32 Å². The number of aliphatic hydroxyl groups excluding tert-OH is 1. The molecule has 3 rings (SSSR count). The first-order valence-electron chi connectivity index (χ1n) is 9.08. The first kappa shape index (κ1) is 16.6. The molecule has 2 N–H and O–H groups in total. The number of rotatable bonds is 4. The number of hydrogen-bond donors (Lipinski definition) is 2. The van der Waals surface area contributed by atoms with Gasteiger partial charge in [-0.2, -0.15) is 0 Å². The van der Waals surface area contributed by atoms with Crippen molar-refractivity contribution in [3.05, 3.63) is 12.2 Å². The Hall–Kier alpha value is -1.27. The fraction of sp³-hybridized carbons (Fsp3) is 0.750. The zero-order valence-corrected chi connectivity index (χ0v) is 14.2. The van der Waals surface area contributed by atoms with Crippen molar-refractivity contribution in [3.63, 3.8) is 0 Å². The van der Waals surface area contributed by atoms with Gasteiger partial charge in [-0.25, -0.2) is 0 Å². The molecule has 6 atom stereocenters. The predicted octanol–water partition coefficient (Wildman–Crippen LogP) is 2.90. The highest BCUT2D eigenvalue weighted by Crippen LogP contribution is 2.64. The Morgan fingerprint density at radius 2 is 2.30 bits per heavy atom. The van der Waals surface area contributed by atoms with Crippen molar-refractivity contribution in [2.45, 2.75) is 58.0 Å². The lowest BCUT2D eigenvalue weighted by atomic mass is 9.52. The van der Waals surface area contributed by atoms with E-state index < -0.39 is 0 Å². The minimum absolute atomic E-state index is 0.0965. The maximum atomic E-state index is 11.1. The molecule has 1 amide bonds. The molecule has 3 fully saturated rings. The largest absolute Gasteiger partial charge is 0.393 e. The second kappa shape index (κ2) is 6.32. The Labute approximate surface area is 139 Å². The fourth-order valence-corrected chi connectivity index (χ4v) is 5.88. The normalized spacial score (nSPS) is 42.0. The summed E-state index contributed by atoms with van der Waals surface area (Å²) in [6.45, 7) is 7.23. The van der Waals surface area contributed by atoms with Crippen LogP contribution in [0.25, 0.3) is 0 Å². The molecule has 126 valence electrons. The second-order valence-corrected chi connectivity index (χ2v) is 8.09. The van der Waals surface area contributed by atoms with Crippen LogP contribution in [0.3, 0.4) is 0 Å². The smallest absolute Gasteiger partial charge is 0.295 e. The molecular weight excluding hydrogens is 286 g/mol. The van der Waals surface area contributed by atoms with Crippen molar-refractivity contribution >= 4 is 5.91 Å². The zero-order valence-electron chi connectivity index (χ0n) is 14.2. The van der Waals surface area contributed by atoms with Gasteiger partial charge < -0.3 is 10.4 Å². The minimum atomic E-state index is -0.318. The lowest BCUT2D eigenvalue weighted by Crippen LogP contribution is -2.51. The maximum absolute atomic E-state index is 11.1. The summed E-state index contributed by atoms with van der Waals surface area (Å²) in [7, 11) is 0. The molecule has 0 saturated heterocycles. The standard InChI is InChI=1S/C20H29NO2/c1-4-19(23)21-9-5-6-16-13(2)10-18(22)20-11-14(3)15(12-20)7-8-17(16)20/h1,13,15-18,22H,3,5-12H2,2H3,(H,21,23)/t13?,15-,16?,17?,18+,20+/m1/s1. The highest BCUT2D eigenvalue weighted by Gasteiger charge is 2.58. The van der Waals surface area contributed by atoms with Crippen LogP contribution in [0.1, 0.15) is 51.9 Å². The first-order valence-corrected chi connectivity index (χ1v) is 9.08. The van der Waals surface area contributed by atoms with Gasteiger partial charge >= 0.3 is 0 Å². The molecule has 1 spiro atoms. The second-order valence-electron chi connectivity index (χ2n) is 8.09. The van der Waals surface area contributed by atoms with Gasteiger partial charge in [0, 0.05) is 12.0 Å². The van der Waals surface area contributed by atoms with E-state index >= 15 is 0 Å². The van der Waals surface area contributed by atoms with Gasteiger partial charge in [0.1, 0.15) is 0 Å². The molecule has 3 aliphatic carbocycles. The summed E-state index contributed by atoms with van der Waals surface area (Å²) in [6.07, 6.45) is 12.6. The molecule has 3 heteroatoms. The highest BCUT2D eigenvalue weighted by atomic mass is 16.3. The van der Waals surface area contributed by atoms with E-state index in [0.717, 1.165) is 32.1 Å². The molecule has 0 aromatic carbocycles. The van der Waals surface area contributed by atoms with Gasteiger partial charge in [-0.05, 0) is 74.5 Å². The summed E-state index contributed by atoms with van der Waals surface area (Å²) >= 11 is 0. The summed E-state index contributed by atoms with van der Waals surface area (Å²) in [5.41, 5.74) is 1.47. The van der Waals surface area contributed by atoms with Crippen LogP contribution in [0.4, 0.5) is 0 Å². The lowest BCUT2D eigenvalue weighted by molar-refractivity contribution is -0.117.